The van der Waals surface area contributed by atoms with Gasteiger partial charge in [-0.15, -0.1) is 0 Å². The van der Waals surface area contributed by atoms with Gasteiger partial charge in [-0.05, 0) is 31.2 Å². The van der Waals surface area contributed by atoms with Crippen LogP contribution in [0, 0.1) is 0 Å². The van der Waals surface area contributed by atoms with Crippen molar-refractivity contribution < 1.29 is 14.3 Å². The molecule has 0 spiro atoms. The number of amides is 1. The topological polar surface area (TPSA) is 38.8 Å². The normalized spacial score (nSPS) is 15.4. The van der Waals surface area contributed by atoms with Gasteiger partial charge in [0.05, 0.1) is 18.1 Å². The zero-order valence-electron chi connectivity index (χ0n) is 15.1. The predicted octanol–water partition coefficient (Wildman–Crippen LogP) is 4.76. The quantitative estimate of drug-likeness (QED) is 0.364. The van der Waals surface area contributed by atoms with Crippen LogP contribution in [0.2, 0.25) is 0 Å². The maximum absolute atomic E-state index is 12.4. The Hall–Kier alpha value is -2.31. The number of ether oxygens (including phenoxy) is 2. The predicted molar refractivity (Wildman–Crippen MR) is 114 cm³/mol. The van der Waals surface area contributed by atoms with Crippen molar-refractivity contribution in [3.63, 3.8) is 0 Å². The van der Waals surface area contributed by atoms with E-state index in [1.807, 2.05) is 67.6 Å². The molecule has 0 aliphatic carbocycles. The Balaban J connectivity index is 1.57. The van der Waals surface area contributed by atoms with Crippen molar-refractivity contribution in [3.05, 3.63) is 65.1 Å². The van der Waals surface area contributed by atoms with Crippen molar-refractivity contribution in [2.75, 3.05) is 19.8 Å². The smallest absolute Gasteiger partial charge is 0.266 e. The average Bonchev–Trinajstić information content (AvgIpc) is 2.96. The van der Waals surface area contributed by atoms with Crippen molar-refractivity contribution >= 4 is 40.3 Å². The summed E-state index contributed by atoms with van der Waals surface area (Å²) in [5.41, 5.74) is 0.873. The SMILES string of the molecule is CCN1C(=O)C(=Cc2ccccc2OCCCOc2ccccc2)SC1=S. The number of carbonyl (C=O) groups is 1. The van der Waals surface area contributed by atoms with Crippen LogP contribution >= 0.6 is 24.0 Å². The molecule has 0 aromatic heterocycles. The molecule has 2 aromatic rings. The number of hydrogen-bond acceptors (Lipinski definition) is 5. The number of carbonyl (C=O) groups excluding carboxylic acids is 1. The number of likely N-dealkylation sites (N-methyl/N-ethyl adjacent to an activating group) is 1. The molecule has 1 heterocycles. The number of para-hydroxylation sites is 2. The van der Waals surface area contributed by atoms with Crippen LogP contribution in [0.3, 0.4) is 0 Å². The molecule has 0 atom stereocenters. The Kier molecular flexibility index (Phi) is 6.90. The molecule has 0 N–H and O–H groups in total. The van der Waals surface area contributed by atoms with Gasteiger partial charge >= 0.3 is 0 Å². The highest BCUT2D eigenvalue weighted by atomic mass is 32.2. The largest absolute Gasteiger partial charge is 0.493 e. The average molecular weight is 400 g/mol. The van der Waals surface area contributed by atoms with Crippen LogP contribution in [0.1, 0.15) is 18.9 Å². The van der Waals surface area contributed by atoms with Gasteiger partial charge in [0.1, 0.15) is 15.8 Å². The number of benzene rings is 2. The molecule has 140 valence electrons. The Labute approximate surface area is 169 Å². The first-order valence-electron chi connectivity index (χ1n) is 8.84. The lowest BCUT2D eigenvalue weighted by atomic mass is 10.2. The van der Waals surface area contributed by atoms with Gasteiger partial charge in [-0.3, -0.25) is 9.69 Å². The highest BCUT2D eigenvalue weighted by molar-refractivity contribution is 8.26. The highest BCUT2D eigenvalue weighted by Gasteiger charge is 2.30. The van der Waals surface area contributed by atoms with Crippen LogP contribution in [-0.2, 0) is 4.79 Å². The summed E-state index contributed by atoms with van der Waals surface area (Å²) in [6.45, 7) is 3.62. The first-order chi connectivity index (χ1) is 13.2. The second-order valence-electron chi connectivity index (χ2n) is 5.83. The Morgan fingerprint density at radius 2 is 1.74 bits per heavy atom. The minimum absolute atomic E-state index is 0.0430. The van der Waals surface area contributed by atoms with E-state index in [1.165, 1.54) is 11.8 Å². The molecule has 0 radical (unpaired) electrons. The fourth-order valence-corrected chi connectivity index (χ4v) is 3.97. The fourth-order valence-electron chi connectivity index (χ4n) is 2.59. The van der Waals surface area contributed by atoms with Gasteiger partial charge in [-0.2, -0.15) is 0 Å². The molecule has 1 aliphatic rings. The van der Waals surface area contributed by atoms with Gasteiger partial charge in [-0.1, -0.05) is 60.4 Å². The number of thiocarbonyl (C=S) groups is 1. The standard InChI is InChI=1S/C21H21NO3S2/c1-2-22-20(23)19(27-21(22)26)15-16-9-6-7-12-18(16)25-14-8-13-24-17-10-4-3-5-11-17/h3-7,9-12,15H,2,8,13-14H2,1H3. The molecule has 1 amide bonds. The lowest BCUT2D eigenvalue weighted by molar-refractivity contribution is -0.121. The molecular formula is C21H21NO3S2. The van der Waals surface area contributed by atoms with Gasteiger partial charge in [0.25, 0.3) is 5.91 Å². The van der Waals surface area contributed by atoms with Crippen LogP contribution in [0.5, 0.6) is 11.5 Å². The van der Waals surface area contributed by atoms with Crippen LogP contribution in [0.4, 0.5) is 0 Å². The minimum atomic E-state index is -0.0430. The number of thioether (sulfide) groups is 1. The third kappa shape index (κ3) is 5.11. The van der Waals surface area contributed by atoms with E-state index in [0.29, 0.717) is 29.0 Å². The molecule has 4 nitrogen and oxygen atoms in total. The van der Waals surface area contributed by atoms with Crippen molar-refractivity contribution in [3.8, 4) is 11.5 Å². The van der Waals surface area contributed by atoms with Crippen LogP contribution in [0.25, 0.3) is 6.08 Å². The number of hydrogen-bond donors (Lipinski definition) is 0. The summed E-state index contributed by atoms with van der Waals surface area (Å²) in [5.74, 6) is 1.56. The summed E-state index contributed by atoms with van der Waals surface area (Å²) in [6.07, 6.45) is 2.62. The van der Waals surface area contributed by atoms with E-state index >= 15 is 0 Å². The summed E-state index contributed by atoms with van der Waals surface area (Å²) in [4.78, 5) is 14.6. The van der Waals surface area contributed by atoms with Crippen molar-refractivity contribution in [1.29, 1.82) is 0 Å². The van der Waals surface area contributed by atoms with Gasteiger partial charge in [-0.25, -0.2) is 0 Å². The number of rotatable bonds is 8. The fraction of sp³-hybridized carbons (Fsp3) is 0.238. The van der Waals surface area contributed by atoms with Gasteiger partial charge in [0.15, 0.2) is 0 Å². The highest BCUT2D eigenvalue weighted by Crippen LogP contribution is 2.34. The third-order valence-corrected chi connectivity index (χ3v) is 5.33. The van der Waals surface area contributed by atoms with Crippen molar-refractivity contribution in [1.82, 2.24) is 4.90 Å². The summed E-state index contributed by atoms with van der Waals surface area (Å²) in [7, 11) is 0. The van der Waals surface area contributed by atoms with E-state index in [0.717, 1.165) is 23.5 Å². The Bertz CT molecular complexity index is 836. The van der Waals surface area contributed by atoms with E-state index in [4.69, 9.17) is 21.7 Å². The van der Waals surface area contributed by atoms with Crippen LogP contribution in [-0.4, -0.2) is 34.9 Å². The van der Waals surface area contributed by atoms with Crippen LogP contribution in [0.15, 0.2) is 59.5 Å². The molecule has 1 aliphatic heterocycles. The molecule has 0 bridgehead atoms. The Morgan fingerprint density at radius 1 is 1.04 bits per heavy atom. The molecule has 0 unspecified atom stereocenters. The van der Waals surface area contributed by atoms with Gasteiger partial charge < -0.3 is 9.47 Å². The molecule has 3 rings (SSSR count). The van der Waals surface area contributed by atoms with E-state index in [1.54, 1.807) is 4.90 Å². The third-order valence-electron chi connectivity index (χ3n) is 3.95. The second kappa shape index (κ2) is 9.58. The van der Waals surface area contributed by atoms with E-state index in [-0.39, 0.29) is 5.91 Å². The molecular weight excluding hydrogens is 378 g/mol. The van der Waals surface area contributed by atoms with Crippen LogP contribution < -0.4 is 9.47 Å². The first-order valence-corrected chi connectivity index (χ1v) is 10.1. The zero-order chi connectivity index (χ0) is 19.1. The summed E-state index contributed by atoms with van der Waals surface area (Å²) in [5, 5.41) is 0. The van der Waals surface area contributed by atoms with Crippen molar-refractivity contribution in [2.45, 2.75) is 13.3 Å². The lowest BCUT2D eigenvalue weighted by Gasteiger charge is -2.11. The van der Waals surface area contributed by atoms with Gasteiger partial charge in [0, 0.05) is 18.5 Å². The monoisotopic (exact) mass is 399 g/mol. The maximum atomic E-state index is 12.4. The molecule has 27 heavy (non-hydrogen) atoms. The number of nitrogens with zero attached hydrogens (tertiary/aromatic N) is 1. The van der Waals surface area contributed by atoms with E-state index < -0.39 is 0 Å². The summed E-state index contributed by atoms with van der Waals surface area (Å²) < 4.78 is 12.2. The summed E-state index contributed by atoms with van der Waals surface area (Å²) in [6, 6.07) is 17.4. The van der Waals surface area contributed by atoms with Gasteiger partial charge in [0.2, 0.25) is 0 Å². The molecule has 2 aromatic carbocycles. The maximum Gasteiger partial charge on any atom is 0.266 e. The second-order valence-corrected chi connectivity index (χ2v) is 7.50. The molecule has 6 heteroatoms. The van der Waals surface area contributed by atoms with Crippen molar-refractivity contribution in [2.24, 2.45) is 0 Å². The molecule has 1 fully saturated rings. The summed E-state index contributed by atoms with van der Waals surface area (Å²) >= 11 is 6.60. The zero-order valence-corrected chi connectivity index (χ0v) is 16.7. The molecule has 1 saturated heterocycles. The first kappa shape index (κ1) is 19.5. The Morgan fingerprint density at radius 3 is 2.48 bits per heavy atom. The van der Waals surface area contributed by atoms with E-state index in [2.05, 4.69) is 0 Å². The molecule has 0 saturated carbocycles. The minimum Gasteiger partial charge on any atom is -0.493 e. The van der Waals surface area contributed by atoms with E-state index in [9.17, 15) is 4.79 Å². The lowest BCUT2D eigenvalue weighted by Crippen LogP contribution is -2.27.